The van der Waals surface area contributed by atoms with Gasteiger partial charge in [0.15, 0.2) is 0 Å². The lowest BCUT2D eigenvalue weighted by molar-refractivity contribution is -0.142. The molecule has 0 bridgehead atoms. The third-order valence-electron chi connectivity index (χ3n) is 4.75. The number of ether oxygens (including phenoxy) is 1. The van der Waals surface area contributed by atoms with Gasteiger partial charge in [0.2, 0.25) is 11.8 Å². The van der Waals surface area contributed by atoms with Gasteiger partial charge in [0.05, 0.1) is 0 Å². The zero-order valence-corrected chi connectivity index (χ0v) is 22.4. The van der Waals surface area contributed by atoms with E-state index in [-0.39, 0.29) is 18.0 Å². The van der Waals surface area contributed by atoms with Gasteiger partial charge in [-0.2, -0.15) is 12.6 Å². The molecule has 8 nitrogen and oxygen atoms in total. The predicted octanol–water partition coefficient (Wildman–Crippen LogP) is 4.19. The highest BCUT2D eigenvalue weighted by molar-refractivity contribution is 7.80. The average molecular weight is 496 g/mol. The van der Waals surface area contributed by atoms with E-state index in [9.17, 15) is 19.5 Å². The first-order valence-electron chi connectivity index (χ1n) is 11.7. The van der Waals surface area contributed by atoms with Gasteiger partial charge in [-0.1, -0.05) is 38.0 Å². The fraction of sp³-hybridized carbons (Fsp3) is 0.640. The molecule has 34 heavy (non-hydrogen) atoms. The van der Waals surface area contributed by atoms with E-state index >= 15 is 0 Å². The number of alkyl carbamates (subject to hydrolysis) is 1. The van der Waals surface area contributed by atoms with E-state index in [0.717, 1.165) is 12.8 Å². The minimum atomic E-state index is -1.09. The maximum absolute atomic E-state index is 13.7. The summed E-state index contributed by atoms with van der Waals surface area (Å²) < 4.78 is 5.30. The van der Waals surface area contributed by atoms with Gasteiger partial charge in [-0.25, -0.2) is 4.79 Å². The maximum Gasteiger partial charge on any atom is 0.408 e. The number of rotatable bonds is 10. The molecule has 3 amide bonds. The smallest absolute Gasteiger partial charge is 0.408 e. The summed E-state index contributed by atoms with van der Waals surface area (Å²) in [6, 6.07) is 4.36. The topological polar surface area (TPSA) is 108 Å². The van der Waals surface area contributed by atoms with Crippen LogP contribution in [0.3, 0.4) is 0 Å². The van der Waals surface area contributed by atoms with Crippen LogP contribution in [0.2, 0.25) is 0 Å². The van der Waals surface area contributed by atoms with Crippen LogP contribution in [-0.2, 0) is 14.3 Å². The van der Waals surface area contributed by atoms with Gasteiger partial charge in [-0.3, -0.25) is 9.59 Å². The van der Waals surface area contributed by atoms with Crippen molar-refractivity contribution in [2.75, 3.05) is 12.3 Å². The second-order valence-corrected chi connectivity index (χ2v) is 10.7. The van der Waals surface area contributed by atoms with Crippen molar-refractivity contribution in [2.24, 2.45) is 0 Å². The summed E-state index contributed by atoms with van der Waals surface area (Å²) in [5, 5.41) is 16.1. The minimum absolute atomic E-state index is 0.0107. The summed E-state index contributed by atoms with van der Waals surface area (Å²) in [5.74, 6) is -0.979. The van der Waals surface area contributed by atoms with Crippen molar-refractivity contribution in [1.29, 1.82) is 0 Å². The molecule has 0 aromatic heterocycles. The number of para-hydroxylation sites is 1. The highest BCUT2D eigenvalue weighted by Crippen LogP contribution is 2.30. The summed E-state index contributed by atoms with van der Waals surface area (Å²) in [5.41, 5.74) is -0.986. The van der Waals surface area contributed by atoms with Gasteiger partial charge >= 0.3 is 6.09 Å². The first-order chi connectivity index (χ1) is 15.7. The van der Waals surface area contributed by atoms with Crippen molar-refractivity contribution in [3.8, 4) is 5.75 Å². The van der Waals surface area contributed by atoms with Gasteiger partial charge < -0.3 is 25.4 Å². The first kappa shape index (κ1) is 29.6. The summed E-state index contributed by atoms with van der Waals surface area (Å²) in [7, 11) is 0. The molecule has 2 unspecified atom stereocenters. The number of unbranched alkanes of at least 4 members (excludes halogenated alkanes) is 2. The van der Waals surface area contributed by atoms with Crippen LogP contribution >= 0.6 is 12.6 Å². The largest absolute Gasteiger partial charge is 0.508 e. The highest BCUT2D eigenvalue weighted by Gasteiger charge is 2.37. The van der Waals surface area contributed by atoms with Crippen molar-refractivity contribution < 1.29 is 24.2 Å². The Bertz CT molecular complexity index is 833. The lowest BCUT2D eigenvalue weighted by Gasteiger charge is -2.36. The van der Waals surface area contributed by atoms with E-state index < -0.39 is 41.1 Å². The van der Waals surface area contributed by atoms with Gasteiger partial charge in [-0.05, 0) is 54.0 Å². The van der Waals surface area contributed by atoms with Crippen LogP contribution in [0.15, 0.2) is 24.3 Å². The molecule has 1 rings (SSSR count). The summed E-state index contributed by atoms with van der Waals surface area (Å²) >= 11 is 4.27. The zero-order chi connectivity index (χ0) is 26.1. The molecule has 0 saturated carbocycles. The molecule has 1 aromatic rings. The Morgan fingerprint density at radius 3 is 2.21 bits per heavy atom. The zero-order valence-electron chi connectivity index (χ0n) is 21.5. The van der Waals surface area contributed by atoms with Crippen molar-refractivity contribution in [3.63, 3.8) is 0 Å². The monoisotopic (exact) mass is 495 g/mol. The molecular weight excluding hydrogens is 454 g/mol. The number of hydrogen-bond acceptors (Lipinski definition) is 6. The molecule has 0 aliphatic carbocycles. The Hall–Kier alpha value is -2.42. The lowest BCUT2D eigenvalue weighted by atomic mass is 9.99. The molecule has 0 saturated heterocycles. The SMILES string of the molecule is CCCCCN(C(=O)C(CS)NC(=O)OC(C)(C)C)C(C(=O)NC(C)(C)C)c1ccccc1O. The van der Waals surface area contributed by atoms with Crippen LogP contribution in [0.1, 0.15) is 79.3 Å². The highest BCUT2D eigenvalue weighted by atomic mass is 32.1. The first-order valence-corrected chi connectivity index (χ1v) is 12.3. The lowest BCUT2D eigenvalue weighted by Crippen LogP contribution is -2.55. The number of carbonyl (C=O) groups is 3. The normalized spacial score (nSPS) is 13.5. The number of hydrogen-bond donors (Lipinski definition) is 4. The quantitative estimate of drug-likeness (QED) is 0.288. The van der Waals surface area contributed by atoms with Crippen LogP contribution in [0.5, 0.6) is 5.75 Å². The number of benzene rings is 1. The number of nitrogens with one attached hydrogen (secondary N) is 2. The fourth-order valence-corrected chi connectivity index (χ4v) is 3.59. The number of amides is 3. The number of thiol groups is 1. The molecular formula is C25H41N3O5S. The van der Waals surface area contributed by atoms with E-state index in [0.29, 0.717) is 12.0 Å². The third kappa shape index (κ3) is 9.83. The number of phenolic OH excluding ortho intramolecular Hbond substituents is 1. The number of carbonyl (C=O) groups excluding carboxylic acids is 3. The van der Waals surface area contributed by atoms with Crippen molar-refractivity contribution >= 4 is 30.5 Å². The summed E-state index contributed by atoms with van der Waals surface area (Å²) in [6.07, 6.45) is 1.68. The van der Waals surface area contributed by atoms with Crippen LogP contribution in [0, 0.1) is 0 Å². The Morgan fingerprint density at radius 1 is 1.09 bits per heavy atom. The van der Waals surface area contributed by atoms with Gasteiger partial charge in [0.25, 0.3) is 0 Å². The molecule has 2 atom stereocenters. The van der Waals surface area contributed by atoms with Crippen LogP contribution < -0.4 is 10.6 Å². The standard InChI is InChI=1S/C25H41N3O5S/c1-8-9-12-15-28(22(31)18(16-34)26-23(32)33-25(5,6)7)20(21(30)27-24(2,3)4)17-13-10-11-14-19(17)29/h10-11,13-14,18,20,29,34H,8-9,12,15-16H2,1-7H3,(H,26,32)(H,27,30). The van der Waals surface area contributed by atoms with Gasteiger partial charge in [0, 0.05) is 23.4 Å². The molecule has 0 heterocycles. The number of nitrogens with zero attached hydrogens (tertiary/aromatic N) is 1. The van der Waals surface area contributed by atoms with Crippen molar-refractivity contribution in [1.82, 2.24) is 15.5 Å². The Labute approximate surface area is 209 Å². The molecule has 3 N–H and O–H groups in total. The fourth-order valence-electron chi connectivity index (χ4n) is 3.34. The number of phenols is 1. The van der Waals surface area contributed by atoms with Gasteiger partial charge in [-0.15, -0.1) is 0 Å². The van der Waals surface area contributed by atoms with E-state index in [1.54, 1.807) is 39.0 Å². The van der Waals surface area contributed by atoms with E-state index in [1.807, 2.05) is 27.7 Å². The average Bonchev–Trinajstić information content (AvgIpc) is 2.69. The Balaban J connectivity index is 3.42. The molecule has 0 aliphatic heterocycles. The number of aromatic hydroxyl groups is 1. The van der Waals surface area contributed by atoms with Gasteiger partial charge in [0.1, 0.15) is 23.4 Å². The van der Waals surface area contributed by atoms with Crippen LogP contribution in [0.25, 0.3) is 0 Å². The van der Waals surface area contributed by atoms with Crippen LogP contribution in [-0.4, -0.2) is 57.4 Å². The van der Waals surface area contributed by atoms with Crippen molar-refractivity contribution in [3.05, 3.63) is 29.8 Å². The minimum Gasteiger partial charge on any atom is -0.508 e. The molecule has 9 heteroatoms. The van der Waals surface area contributed by atoms with E-state index in [2.05, 4.69) is 23.3 Å². The molecule has 0 aliphatic rings. The summed E-state index contributed by atoms with van der Waals surface area (Å²) in [6.45, 7) is 13.0. The molecule has 0 radical (unpaired) electrons. The Kier molecular flexibility index (Phi) is 11.2. The summed E-state index contributed by atoms with van der Waals surface area (Å²) in [4.78, 5) is 41.0. The second-order valence-electron chi connectivity index (χ2n) is 10.3. The van der Waals surface area contributed by atoms with Crippen LogP contribution in [0.4, 0.5) is 4.79 Å². The van der Waals surface area contributed by atoms with Crippen molar-refractivity contribution in [2.45, 2.75) is 91.0 Å². The molecule has 0 spiro atoms. The molecule has 0 fully saturated rings. The third-order valence-corrected chi connectivity index (χ3v) is 5.11. The molecule has 192 valence electrons. The van der Waals surface area contributed by atoms with E-state index in [1.165, 1.54) is 11.0 Å². The predicted molar refractivity (Wildman–Crippen MR) is 137 cm³/mol. The maximum atomic E-state index is 13.7. The molecule has 1 aromatic carbocycles. The van der Waals surface area contributed by atoms with E-state index in [4.69, 9.17) is 4.74 Å². The second kappa shape index (κ2) is 12.9. The Morgan fingerprint density at radius 2 is 1.71 bits per heavy atom.